The first-order valence-corrected chi connectivity index (χ1v) is 8.30. The molecular weight excluding hydrogens is 304 g/mol. The highest BCUT2D eigenvalue weighted by molar-refractivity contribution is 6.29. The summed E-state index contributed by atoms with van der Waals surface area (Å²) in [6.07, 6.45) is 1.65. The molecule has 0 unspecified atom stereocenters. The second-order valence-corrected chi connectivity index (χ2v) is 5.72. The van der Waals surface area contributed by atoms with Crippen LogP contribution < -0.4 is 9.47 Å². The third-order valence-corrected chi connectivity index (χ3v) is 3.92. The van der Waals surface area contributed by atoms with Crippen LogP contribution in [-0.2, 0) is 0 Å². The highest BCUT2D eigenvalue weighted by Gasteiger charge is 2.33. The summed E-state index contributed by atoms with van der Waals surface area (Å²) >= 11 is 0. The Labute approximate surface area is 141 Å². The van der Waals surface area contributed by atoms with E-state index >= 15 is 0 Å². The molecule has 24 heavy (non-hydrogen) atoms. The smallest absolute Gasteiger partial charge is 0.198 e. The van der Waals surface area contributed by atoms with Gasteiger partial charge in [-0.1, -0.05) is 38.1 Å². The summed E-state index contributed by atoms with van der Waals surface area (Å²) < 4.78 is 11.5. The maximum Gasteiger partial charge on any atom is 0.198 e. The molecule has 2 aromatic rings. The lowest BCUT2D eigenvalue weighted by Gasteiger charge is -2.22. The molecule has 0 bridgehead atoms. The zero-order valence-electron chi connectivity index (χ0n) is 13.9. The Hall–Kier alpha value is -2.62. The van der Waals surface area contributed by atoms with Crippen LogP contribution in [0.4, 0.5) is 0 Å². The molecule has 1 aliphatic carbocycles. The van der Waals surface area contributed by atoms with Gasteiger partial charge in [0.1, 0.15) is 0 Å². The first kappa shape index (κ1) is 16.2. The molecule has 0 aliphatic heterocycles. The normalized spacial score (nSPS) is 12.6. The molecule has 0 spiro atoms. The highest BCUT2D eigenvalue weighted by Crippen LogP contribution is 2.39. The van der Waals surface area contributed by atoms with Crippen molar-refractivity contribution in [2.45, 2.75) is 26.7 Å². The Bertz CT molecular complexity index is 792. The molecule has 0 atom stereocenters. The molecule has 1 aliphatic rings. The predicted octanol–water partition coefficient (Wildman–Crippen LogP) is 4.04. The van der Waals surface area contributed by atoms with Crippen LogP contribution >= 0.6 is 0 Å². The molecule has 0 amide bonds. The Morgan fingerprint density at radius 1 is 0.750 bits per heavy atom. The lowest BCUT2D eigenvalue weighted by atomic mass is 9.83. The van der Waals surface area contributed by atoms with Gasteiger partial charge in [0.2, 0.25) is 0 Å². The minimum absolute atomic E-state index is 0.149. The Morgan fingerprint density at radius 2 is 1.38 bits per heavy atom. The minimum atomic E-state index is -0.187. The fourth-order valence-electron chi connectivity index (χ4n) is 2.81. The summed E-state index contributed by atoms with van der Waals surface area (Å²) in [5, 5.41) is 0. The monoisotopic (exact) mass is 324 g/mol. The average Bonchev–Trinajstić information content (AvgIpc) is 2.62. The SMILES string of the molecule is CCCOc1ccc2c(c1OCCC)C(=O)c1ccccc1C2=O. The molecular formula is C20H20O4. The van der Waals surface area contributed by atoms with Crippen molar-refractivity contribution >= 4 is 11.6 Å². The van der Waals surface area contributed by atoms with Crippen molar-refractivity contribution < 1.29 is 19.1 Å². The molecule has 0 aromatic heterocycles. The van der Waals surface area contributed by atoms with E-state index in [0.29, 0.717) is 47.0 Å². The first-order chi connectivity index (χ1) is 11.7. The second kappa shape index (κ2) is 6.87. The van der Waals surface area contributed by atoms with Gasteiger partial charge in [-0.15, -0.1) is 0 Å². The molecule has 0 saturated carbocycles. The molecule has 0 N–H and O–H groups in total. The first-order valence-electron chi connectivity index (χ1n) is 8.30. The molecule has 2 aromatic carbocycles. The van der Waals surface area contributed by atoms with E-state index in [2.05, 4.69) is 0 Å². The quantitative estimate of drug-likeness (QED) is 0.686. The van der Waals surface area contributed by atoms with Crippen molar-refractivity contribution in [3.63, 3.8) is 0 Å². The third-order valence-electron chi connectivity index (χ3n) is 3.92. The Morgan fingerprint density at radius 3 is 2.04 bits per heavy atom. The van der Waals surface area contributed by atoms with Gasteiger partial charge in [-0.2, -0.15) is 0 Å². The lowest BCUT2D eigenvalue weighted by Crippen LogP contribution is -2.22. The zero-order valence-corrected chi connectivity index (χ0v) is 13.9. The molecule has 4 nitrogen and oxygen atoms in total. The molecule has 0 radical (unpaired) electrons. The van der Waals surface area contributed by atoms with Gasteiger partial charge in [-0.05, 0) is 25.0 Å². The topological polar surface area (TPSA) is 52.6 Å². The summed E-state index contributed by atoms with van der Waals surface area (Å²) in [7, 11) is 0. The number of rotatable bonds is 6. The van der Waals surface area contributed by atoms with Gasteiger partial charge in [0.25, 0.3) is 0 Å². The number of hydrogen-bond acceptors (Lipinski definition) is 4. The van der Waals surface area contributed by atoms with Gasteiger partial charge in [0, 0.05) is 16.7 Å². The van der Waals surface area contributed by atoms with Crippen LogP contribution in [0, 0.1) is 0 Å². The van der Waals surface area contributed by atoms with E-state index in [0.717, 1.165) is 12.8 Å². The summed E-state index contributed by atoms with van der Waals surface area (Å²) in [6, 6.07) is 10.3. The number of ketones is 2. The summed E-state index contributed by atoms with van der Waals surface area (Å²) in [6.45, 7) is 4.99. The molecule has 4 heteroatoms. The van der Waals surface area contributed by atoms with Gasteiger partial charge in [-0.3, -0.25) is 9.59 Å². The number of benzene rings is 2. The standard InChI is InChI=1S/C20H20O4/c1-3-11-23-16-10-9-15-17(20(16)24-12-4-2)19(22)14-8-6-5-7-13(14)18(15)21/h5-10H,3-4,11-12H2,1-2H3. The second-order valence-electron chi connectivity index (χ2n) is 5.72. The number of hydrogen-bond donors (Lipinski definition) is 0. The van der Waals surface area contributed by atoms with Crippen molar-refractivity contribution in [2.24, 2.45) is 0 Å². The van der Waals surface area contributed by atoms with Crippen LogP contribution in [-0.4, -0.2) is 24.8 Å². The van der Waals surface area contributed by atoms with Gasteiger partial charge in [0.15, 0.2) is 23.1 Å². The van der Waals surface area contributed by atoms with Crippen molar-refractivity contribution in [3.8, 4) is 11.5 Å². The highest BCUT2D eigenvalue weighted by atomic mass is 16.5. The maximum absolute atomic E-state index is 13.0. The minimum Gasteiger partial charge on any atom is -0.490 e. The summed E-state index contributed by atoms with van der Waals surface area (Å²) in [4.78, 5) is 25.7. The van der Waals surface area contributed by atoms with E-state index < -0.39 is 0 Å². The third kappa shape index (κ3) is 2.68. The molecule has 0 saturated heterocycles. The zero-order chi connectivity index (χ0) is 17.1. The van der Waals surface area contributed by atoms with E-state index in [1.165, 1.54) is 0 Å². The van der Waals surface area contributed by atoms with Crippen LogP contribution in [0.15, 0.2) is 36.4 Å². The maximum atomic E-state index is 13.0. The van der Waals surface area contributed by atoms with Crippen LogP contribution in [0.3, 0.4) is 0 Å². The lowest BCUT2D eigenvalue weighted by molar-refractivity contribution is 0.0974. The van der Waals surface area contributed by atoms with Gasteiger partial charge in [-0.25, -0.2) is 0 Å². The van der Waals surface area contributed by atoms with Gasteiger partial charge >= 0.3 is 0 Å². The number of fused-ring (bicyclic) bond motifs is 2. The van der Waals surface area contributed by atoms with E-state index in [-0.39, 0.29) is 11.6 Å². The van der Waals surface area contributed by atoms with Gasteiger partial charge in [0.05, 0.1) is 18.8 Å². The van der Waals surface area contributed by atoms with Crippen molar-refractivity contribution in [2.75, 3.05) is 13.2 Å². The van der Waals surface area contributed by atoms with Crippen molar-refractivity contribution in [1.82, 2.24) is 0 Å². The molecule has 3 rings (SSSR count). The molecule has 0 fully saturated rings. The van der Waals surface area contributed by atoms with E-state index in [1.807, 2.05) is 13.8 Å². The predicted molar refractivity (Wildman–Crippen MR) is 91.3 cm³/mol. The Balaban J connectivity index is 2.16. The van der Waals surface area contributed by atoms with Crippen molar-refractivity contribution in [3.05, 3.63) is 58.7 Å². The van der Waals surface area contributed by atoms with Gasteiger partial charge < -0.3 is 9.47 Å². The van der Waals surface area contributed by atoms with Crippen molar-refractivity contribution in [1.29, 1.82) is 0 Å². The Kier molecular flexibility index (Phi) is 4.65. The average molecular weight is 324 g/mol. The number of carbonyl (C=O) groups is 2. The molecule has 0 heterocycles. The van der Waals surface area contributed by atoms with E-state index in [9.17, 15) is 9.59 Å². The van der Waals surface area contributed by atoms with E-state index in [1.54, 1.807) is 36.4 Å². The fraction of sp³-hybridized carbons (Fsp3) is 0.300. The summed E-state index contributed by atoms with van der Waals surface area (Å²) in [5.41, 5.74) is 1.57. The molecule has 124 valence electrons. The van der Waals surface area contributed by atoms with Crippen LogP contribution in [0.2, 0.25) is 0 Å². The van der Waals surface area contributed by atoms with Crippen LogP contribution in [0.25, 0.3) is 0 Å². The number of ether oxygens (including phenoxy) is 2. The van der Waals surface area contributed by atoms with Crippen LogP contribution in [0.5, 0.6) is 11.5 Å². The largest absolute Gasteiger partial charge is 0.490 e. The van der Waals surface area contributed by atoms with E-state index in [4.69, 9.17) is 9.47 Å². The summed E-state index contributed by atoms with van der Waals surface area (Å²) in [5.74, 6) is 0.567. The number of carbonyl (C=O) groups excluding carboxylic acids is 2. The fourth-order valence-corrected chi connectivity index (χ4v) is 2.81. The van der Waals surface area contributed by atoms with Crippen LogP contribution in [0.1, 0.15) is 58.5 Å².